The fraction of sp³-hybridized carbons (Fsp3) is 0.475. The van der Waals surface area contributed by atoms with Crippen molar-refractivity contribution in [2.24, 2.45) is 0 Å². The molecule has 486 valence electrons. The Morgan fingerprint density at radius 2 is 1.00 bits per heavy atom. The van der Waals surface area contributed by atoms with E-state index < -0.39 is 10.1 Å². The van der Waals surface area contributed by atoms with Crippen LogP contribution in [0, 0.1) is 0 Å². The zero-order chi connectivity index (χ0) is 64.0. The minimum Gasteiger partial charge on any atom is -1.00 e. The number of carbonyl (C=O) groups is 1. The molecule has 4 aliphatic rings. The fourth-order valence-corrected chi connectivity index (χ4v) is 12.7. The van der Waals surface area contributed by atoms with Crippen LogP contribution in [0.25, 0.3) is 16.9 Å². The summed E-state index contributed by atoms with van der Waals surface area (Å²) in [4.78, 5) is 61.0. The molecule has 3 N–H and O–H groups in total. The summed E-state index contributed by atoms with van der Waals surface area (Å²) in [6, 6.07) is 22.8. The molecule has 7 heterocycles. The van der Waals surface area contributed by atoms with Crippen molar-refractivity contribution in [3.8, 4) is 0 Å². The van der Waals surface area contributed by atoms with Crippen LogP contribution < -0.4 is 160 Å². The van der Waals surface area contributed by atoms with Crippen LogP contribution in [0.3, 0.4) is 0 Å². The van der Waals surface area contributed by atoms with Crippen LogP contribution in [0.2, 0.25) is 15.1 Å². The van der Waals surface area contributed by atoms with Gasteiger partial charge in [-0.3, -0.25) is 42.6 Å². The molecule has 9 aromatic rings. The first-order valence-electron chi connectivity index (χ1n) is 30.1. The Hall–Kier alpha value is -3.35. The molecule has 93 heavy (non-hydrogen) atoms. The smallest absolute Gasteiger partial charge is 1.00 e. The van der Waals surface area contributed by atoms with Crippen LogP contribution in [-0.2, 0) is 69.8 Å². The summed E-state index contributed by atoms with van der Waals surface area (Å²) in [5.41, 5.74) is 3.28. The molecule has 0 radical (unpaired) electrons. The maximum absolute atomic E-state index is 12.9. The predicted molar refractivity (Wildman–Crippen MR) is 334 cm³/mol. The van der Waals surface area contributed by atoms with Gasteiger partial charge in [-0.05, 0) is 91.6 Å². The number of nitrogens with one attached hydrogen (secondary N) is 2. The first kappa shape index (κ1) is 75.4. The molecule has 0 atom stereocenters. The number of hydrogen-bond donors (Lipinski definition) is 3. The summed E-state index contributed by atoms with van der Waals surface area (Å²) in [5, 5.41) is 58.9. The Bertz CT molecular complexity index is 4210. The maximum Gasteiger partial charge on any atom is 1.00 e. The molecule has 13 rings (SSSR count). The van der Waals surface area contributed by atoms with Gasteiger partial charge in [0.25, 0.3) is 33.3 Å². The van der Waals surface area contributed by atoms with Crippen LogP contribution in [0.4, 0.5) is 0 Å². The second kappa shape index (κ2) is 36.5. The van der Waals surface area contributed by atoms with Gasteiger partial charge in [0.15, 0.2) is 17.5 Å². The van der Waals surface area contributed by atoms with E-state index in [1.165, 1.54) is 31.2 Å². The van der Waals surface area contributed by atoms with Crippen molar-refractivity contribution in [3.05, 3.63) is 171 Å². The van der Waals surface area contributed by atoms with Gasteiger partial charge in [-0.25, -0.2) is 0 Å². The van der Waals surface area contributed by atoms with Crippen molar-refractivity contribution in [1.29, 1.82) is 0 Å². The van der Waals surface area contributed by atoms with Crippen LogP contribution >= 0.6 is 34.8 Å². The molecular weight excluding hydrogens is 1530 g/mol. The third-order valence-electron chi connectivity index (χ3n) is 16.4. The minimum absolute atomic E-state index is 0. The van der Waals surface area contributed by atoms with E-state index in [1.54, 1.807) is 30.2 Å². The topological polar surface area (TPSA) is 340 Å². The van der Waals surface area contributed by atoms with Gasteiger partial charge in [-0.2, -0.15) is 22.0 Å². The number of benzene rings is 3. The van der Waals surface area contributed by atoms with E-state index in [0.29, 0.717) is 85.0 Å². The Labute approximate surface area is 669 Å². The summed E-state index contributed by atoms with van der Waals surface area (Å²) in [7, 11) is -3.55. The Morgan fingerprint density at radius 1 is 0.602 bits per heavy atom. The zero-order valence-electron chi connectivity index (χ0n) is 53.0. The van der Waals surface area contributed by atoms with E-state index in [-0.39, 0.29) is 199 Å². The van der Waals surface area contributed by atoms with Gasteiger partial charge in [0.2, 0.25) is 16.9 Å². The van der Waals surface area contributed by atoms with E-state index in [0.717, 1.165) is 110 Å². The Morgan fingerprint density at radius 3 is 1.41 bits per heavy atom. The Kier molecular flexibility index (Phi) is 29.6. The van der Waals surface area contributed by atoms with Crippen LogP contribution in [0.15, 0.2) is 87.2 Å². The molecule has 0 amide bonds. The van der Waals surface area contributed by atoms with Crippen molar-refractivity contribution >= 4 is 68.3 Å². The molecule has 28 nitrogen and oxygen atoms in total. The van der Waals surface area contributed by atoms with Crippen LogP contribution in [0.1, 0.15) is 148 Å². The minimum atomic E-state index is -3.55. The predicted octanol–water partition coefficient (Wildman–Crippen LogP) is -0.612. The van der Waals surface area contributed by atoms with Gasteiger partial charge in [-0.15, -0.1) is 45.9 Å². The van der Waals surface area contributed by atoms with Crippen molar-refractivity contribution in [3.63, 3.8) is 0 Å². The van der Waals surface area contributed by atoms with Gasteiger partial charge >= 0.3 is 138 Å². The summed E-state index contributed by atoms with van der Waals surface area (Å²) < 4.78 is 34.2. The number of nitrogens with zero attached hydrogens (tertiary/aromatic N) is 16. The number of H-pyrrole nitrogens is 2. The normalized spacial score (nSPS) is 15.3. The molecule has 6 aromatic heterocycles. The van der Waals surface area contributed by atoms with E-state index in [4.69, 9.17) is 54.1 Å². The fourth-order valence-electron chi connectivity index (χ4n) is 12.0. The SMILES string of the molecule is CS(=O)(=O)OCCN(Cc1ccc(Cl)cc1)Cc1nn2c(C3CCCC3)nnc2c(=O)[nH]1.O=CO[O-].O=c1[nH]c(CN(CCO)Cc2ccc(Cl)cc2)nn2c(C3CCCC3)nnc12.O=c1c2nnc(C3CCCC3)n2nc2n1CCN(Cc1ccc(Cl)cc1)C2.[Cs+].[Cs+].[H-]. The molecular formula is C59H71Cl3Cs2N18O10S. The van der Waals surface area contributed by atoms with Crippen molar-refractivity contribution in [1.82, 2.24) is 88.7 Å². The number of aromatic nitrogens is 15. The molecule has 1 aliphatic heterocycles. The molecule has 0 unspecified atom stereocenters. The summed E-state index contributed by atoms with van der Waals surface area (Å²) in [6.45, 7) is 5.24. The third kappa shape index (κ3) is 20.9. The number of halogens is 3. The van der Waals surface area contributed by atoms with Crippen molar-refractivity contribution in [2.75, 3.05) is 39.1 Å². The number of hydrogen-bond acceptors (Lipinski definition) is 22. The van der Waals surface area contributed by atoms with Gasteiger partial charge in [0, 0.05) is 78.6 Å². The number of rotatable bonds is 20. The first-order valence-corrected chi connectivity index (χ1v) is 33.1. The summed E-state index contributed by atoms with van der Waals surface area (Å²) in [6.07, 6.45) is 14.4. The molecule has 3 aromatic carbocycles. The molecule has 0 saturated heterocycles. The number of fused-ring (bicyclic) bond motifs is 4. The summed E-state index contributed by atoms with van der Waals surface area (Å²) in [5.74, 6) is 5.00. The average molecular weight is 1600 g/mol. The molecule has 0 bridgehead atoms. The zero-order valence-corrected chi connectivity index (χ0v) is 67.7. The molecule has 3 saturated carbocycles. The molecule has 3 aliphatic carbocycles. The van der Waals surface area contributed by atoms with E-state index in [2.05, 4.69) is 60.5 Å². The van der Waals surface area contributed by atoms with E-state index in [9.17, 15) is 27.9 Å². The Balaban J connectivity index is 0.000000191. The van der Waals surface area contributed by atoms with E-state index >= 15 is 0 Å². The number of aliphatic hydroxyl groups excluding tert-OH is 1. The molecule has 3 fully saturated rings. The van der Waals surface area contributed by atoms with Crippen molar-refractivity contribution in [2.45, 2.75) is 141 Å². The standard InChI is InChI=1S/C20H25ClN6O4S.C19H23ClN6O2.C19H21ClN6O.CH2O3.2Cs.H/c1-32(29,30)31-11-10-26(12-14-6-8-16(21)9-7-14)13-17-22-20(28)19-24-23-18(27(19)25-17)15-4-2-3-5-15;20-15-7-5-13(6-8-15)11-25(9-10-27)12-16-21-19(28)18-23-22-17(26(18)24-16)14-3-1-2-4-14;20-15-7-5-13(6-8-15)11-24-9-10-25-16(12-24)23-26-17(14-3-1-2-4-14)21-22-18(26)19(25)27;2-1-4-3;;;/h6-9,15H,2-5,10-13H2,1H3,(H,22,25,28);5-8,14,27H,1-4,9-12H2,(H,21,24,28);5-8,14H,1-4,9-12H2;1,3H;;;/q;;;;2*+1;-1/p-1. The quantitative estimate of drug-likeness (QED) is 0.0371. The molecule has 0 spiro atoms. The maximum atomic E-state index is 12.9. The second-order valence-corrected chi connectivity index (χ2v) is 25.9. The van der Waals surface area contributed by atoms with Gasteiger partial charge in [0.05, 0.1) is 39.1 Å². The molecule has 34 heteroatoms. The third-order valence-corrected chi connectivity index (χ3v) is 17.7. The van der Waals surface area contributed by atoms with Gasteiger partial charge in [-0.1, -0.05) is 110 Å². The number of carbonyl (C=O) groups excluding carboxylic acids is 1. The largest absolute Gasteiger partial charge is 1.00 e. The number of aliphatic hydroxyl groups is 1. The average Bonchev–Trinajstić information content (AvgIpc) is 1.58. The van der Waals surface area contributed by atoms with E-state index in [1.807, 2.05) is 70.5 Å². The van der Waals surface area contributed by atoms with Crippen LogP contribution in [-0.4, -0.2) is 148 Å². The van der Waals surface area contributed by atoms with Gasteiger partial charge in [0.1, 0.15) is 17.5 Å². The van der Waals surface area contributed by atoms with Crippen molar-refractivity contribution < 1.29 is 172 Å². The van der Waals surface area contributed by atoms with Gasteiger partial charge < -0.3 is 26.6 Å². The monoisotopic (exact) mass is 1590 g/mol. The number of aromatic amines is 2. The summed E-state index contributed by atoms with van der Waals surface area (Å²) >= 11 is 17.9. The van der Waals surface area contributed by atoms with Crippen LogP contribution in [0.5, 0.6) is 0 Å². The first-order chi connectivity index (χ1) is 44.0. The second-order valence-electron chi connectivity index (χ2n) is 23.0.